The summed E-state index contributed by atoms with van der Waals surface area (Å²) in [6, 6.07) is 2.81. The van der Waals surface area contributed by atoms with Crippen LogP contribution in [-0.4, -0.2) is 35.6 Å². The number of aromatic amines is 1. The minimum absolute atomic E-state index is 0.161. The van der Waals surface area contributed by atoms with Crippen LogP contribution in [0.15, 0.2) is 24.5 Å². The van der Waals surface area contributed by atoms with E-state index in [4.69, 9.17) is 0 Å². The van der Waals surface area contributed by atoms with Crippen molar-refractivity contribution in [2.24, 2.45) is 0 Å². The zero-order valence-electron chi connectivity index (χ0n) is 14.2. The molecule has 3 rings (SSSR count). The van der Waals surface area contributed by atoms with E-state index < -0.39 is 11.9 Å². The second-order valence-electron chi connectivity index (χ2n) is 5.58. The van der Waals surface area contributed by atoms with Crippen molar-refractivity contribution in [3.8, 4) is 0 Å². The summed E-state index contributed by atoms with van der Waals surface area (Å²) in [5.74, 6) is -0.797. The molecule has 0 aliphatic carbocycles. The van der Waals surface area contributed by atoms with Gasteiger partial charge >= 0.3 is 6.09 Å². The Bertz CT molecular complexity index is 931. The number of alkyl carbamates (subject to hydrolysis) is 1. The molecule has 2 amide bonds. The lowest BCUT2D eigenvalue weighted by Crippen LogP contribution is -2.22. The first-order valence-electron chi connectivity index (χ1n) is 7.85. The summed E-state index contributed by atoms with van der Waals surface area (Å²) < 4.78 is 18.9. The highest BCUT2D eigenvalue weighted by Gasteiger charge is 2.28. The van der Waals surface area contributed by atoms with Crippen molar-refractivity contribution >= 4 is 35.4 Å². The molecule has 0 spiro atoms. The molecule has 2 aromatic rings. The summed E-state index contributed by atoms with van der Waals surface area (Å²) >= 11 is 0. The number of hydrogen-bond acceptors (Lipinski definition) is 4. The number of anilines is 1. The Morgan fingerprint density at radius 1 is 1.42 bits per heavy atom. The number of imidazole rings is 1. The molecule has 1 aliphatic heterocycles. The molecule has 134 valence electrons. The van der Waals surface area contributed by atoms with Gasteiger partial charge < -0.3 is 20.4 Å². The second kappa shape index (κ2) is 7.22. The van der Waals surface area contributed by atoms with Gasteiger partial charge in [0.05, 0.1) is 24.7 Å². The molecule has 1 aromatic carbocycles. The van der Waals surface area contributed by atoms with Gasteiger partial charge in [0, 0.05) is 29.1 Å². The van der Waals surface area contributed by atoms with Crippen LogP contribution in [0.4, 0.5) is 14.9 Å². The van der Waals surface area contributed by atoms with E-state index in [2.05, 4.69) is 25.3 Å². The highest BCUT2D eigenvalue weighted by atomic mass is 19.1. The van der Waals surface area contributed by atoms with Gasteiger partial charge in [-0.25, -0.2) is 14.2 Å². The molecule has 0 radical (unpaired) electrons. The number of halogens is 1. The van der Waals surface area contributed by atoms with E-state index in [9.17, 15) is 14.0 Å². The van der Waals surface area contributed by atoms with Crippen molar-refractivity contribution in [3.05, 3.63) is 52.9 Å². The molecular formula is C18H17FN4O3. The van der Waals surface area contributed by atoms with E-state index in [1.807, 2.05) is 6.92 Å². The first-order chi connectivity index (χ1) is 12.5. The van der Waals surface area contributed by atoms with Gasteiger partial charge in [0.25, 0.3) is 5.91 Å². The van der Waals surface area contributed by atoms with E-state index in [0.717, 1.165) is 5.69 Å². The molecule has 0 atom stereocenters. The molecule has 26 heavy (non-hydrogen) atoms. The fourth-order valence-electron chi connectivity index (χ4n) is 2.64. The van der Waals surface area contributed by atoms with Crippen molar-refractivity contribution < 1.29 is 18.7 Å². The Morgan fingerprint density at radius 3 is 2.92 bits per heavy atom. The minimum Gasteiger partial charge on any atom is -0.453 e. The van der Waals surface area contributed by atoms with Gasteiger partial charge in [0.2, 0.25) is 0 Å². The van der Waals surface area contributed by atoms with E-state index >= 15 is 0 Å². The van der Waals surface area contributed by atoms with Crippen molar-refractivity contribution in [3.63, 3.8) is 0 Å². The van der Waals surface area contributed by atoms with Crippen LogP contribution in [0.5, 0.6) is 0 Å². The Kier molecular flexibility index (Phi) is 4.83. The molecule has 1 aromatic heterocycles. The Morgan fingerprint density at radius 2 is 2.23 bits per heavy atom. The smallest absolute Gasteiger partial charge is 0.407 e. The molecule has 1 aliphatic rings. The zero-order valence-corrected chi connectivity index (χ0v) is 14.2. The Hall–Kier alpha value is -3.42. The lowest BCUT2D eigenvalue weighted by atomic mass is 9.98. The monoisotopic (exact) mass is 356 g/mol. The van der Waals surface area contributed by atoms with Crippen LogP contribution in [0.25, 0.3) is 17.7 Å². The molecule has 2 heterocycles. The van der Waals surface area contributed by atoms with Crippen LogP contribution >= 0.6 is 0 Å². The quantitative estimate of drug-likeness (QED) is 0.734. The average molecular weight is 356 g/mol. The number of rotatable bonds is 4. The van der Waals surface area contributed by atoms with Crippen LogP contribution < -0.4 is 10.6 Å². The fraction of sp³-hybridized carbons (Fsp3) is 0.167. The van der Waals surface area contributed by atoms with E-state index in [1.54, 1.807) is 12.2 Å². The average Bonchev–Trinajstić information content (AvgIpc) is 3.17. The SMILES string of the molecule is COC(=O)NCC=Cc1c(F)ccc2c1/C(=C/c1nc[nH]c1C)C(=O)N2. The number of methoxy groups -OCH3 is 1. The van der Waals surface area contributed by atoms with E-state index in [1.165, 1.54) is 31.6 Å². The molecule has 3 N–H and O–H groups in total. The number of aromatic nitrogens is 2. The summed E-state index contributed by atoms with van der Waals surface area (Å²) in [6.07, 6.45) is 5.67. The van der Waals surface area contributed by atoms with Gasteiger partial charge in [0.15, 0.2) is 0 Å². The van der Waals surface area contributed by atoms with Crippen LogP contribution in [-0.2, 0) is 9.53 Å². The van der Waals surface area contributed by atoms with Gasteiger partial charge in [-0.2, -0.15) is 0 Å². The maximum atomic E-state index is 14.4. The number of aryl methyl sites for hydroxylation is 1. The standard InChI is InChI=1S/C18H17FN4O3/c1-10-15(22-9-21-10)8-12-16-11(4-3-7-20-18(25)26-2)13(19)5-6-14(16)23-17(12)24/h3-6,8-9H,7H2,1-2H3,(H,20,25)(H,21,22)(H,23,24)/b4-3?,12-8-. The minimum atomic E-state index is -0.583. The van der Waals surface area contributed by atoms with Crippen molar-refractivity contribution in [2.75, 3.05) is 19.0 Å². The first-order valence-corrected chi connectivity index (χ1v) is 7.85. The molecule has 0 bridgehead atoms. The summed E-state index contributed by atoms with van der Waals surface area (Å²) in [6.45, 7) is 1.99. The normalized spacial score (nSPS) is 14.6. The van der Waals surface area contributed by atoms with Crippen LogP contribution in [0, 0.1) is 12.7 Å². The summed E-state index contributed by atoms with van der Waals surface area (Å²) in [4.78, 5) is 30.5. The summed E-state index contributed by atoms with van der Waals surface area (Å²) in [7, 11) is 1.26. The van der Waals surface area contributed by atoms with Crippen LogP contribution in [0.1, 0.15) is 22.5 Å². The highest BCUT2D eigenvalue weighted by Crippen LogP contribution is 2.37. The van der Waals surface area contributed by atoms with E-state index in [0.29, 0.717) is 22.5 Å². The number of ether oxygens (including phenoxy) is 1. The molecule has 7 nitrogen and oxygen atoms in total. The number of H-pyrrole nitrogens is 1. The van der Waals surface area contributed by atoms with Crippen molar-refractivity contribution in [1.29, 1.82) is 0 Å². The van der Waals surface area contributed by atoms with E-state index in [-0.39, 0.29) is 18.0 Å². The van der Waals surface area contributed by atoms with Crippen molar-refractivity contribution in [2.45, 2.75) is 6.92 Å². The Balaban J connectivity index is 1.98. The van der Waals surface area contributed by atoms with Gasteiger partial charge in [-0.05, 0) is 25.1 Å². The second-order valence-corrected chi connectivity index (χ2v) is 5.58. The predicted molar refractivity (Wildman–Crippen MR) is 95.7 cm³/mol. The molecule has 0 unspecified atom stereocenters. The Labute approximate surface area is 149 Å². The third-order valence-corrected chi connectivity index (χ3v) is 3.94. The zero-order chi connectivity index (χ0) is 18.7. The number of amides is 2. The van der Waals surface area contributed by atoms with Crippen LogP contribution in [0.2, 0.25) is 0 Å². The van der Waals surface area contributed by atoms with Crippen molar-refractivity contribution in [1.82, 2.24) is 15.3 Å². The van der Waals surface area contributed by atoms with Gasteiger partial charge in [-0.1, -0.05) is 12.2 Å². The molecular weight excluding hydrogens is 339 g/mol. The third-order valence-electron chi connectivity index (χ3n) is 3.94. The summed E-state index contributed by atoms with van der Waals surface area (Å²) in [5.41, 5.74) is 2.98. The molecule has 0 fully saturated rings. The number of nitrogens with one attached hydrogen (secondary N) is 3. The number of benzene rings is 1. The predicted octanol–water partition coefficient (Wildman–Crippen LogP) is 2.72. The molecule has 8 heteroatoms. The molecule has 0 saturated carbocycles. The number of nitrogens with zero attached hydrogens (tertiary/aromatic N) is 1. The lowest BCUT2D eigenvalue weighted by molar-refractivity contribution is -0.110. The van der Waals surface area contributed by atoms with Gasteiger partial charge in [-0.15, -0.1) is 0 Å². The van der Waals surface area contributed by atoms with Gasteiger partial charge in [0.1, 0.15) is 5.82 Å². The lowest BCUT2D eigenvalue weighted by Gasteiger charge is -2.06. The number of carbonyl (C=O) groups is 2. The largest absolute Gasteiger partial charge is 0.453 e. The molecule has 0 saturated heterocycles. The van der Waals surface area contributed by atoms with Gasteiger partial charge in [-0.3, -0.25) is 4.79 Å². The van der Waals surface area contributed by atoms with Crippen LogP contribution in [0.3, 0.4) is 0 Å². The number of hydrogen-bond donors (Lipinski definition) is 3. The first kappa shape index (κ1) is 17.4. The maximum absolute atomic E-state index is 14.4. The maximum Gasteiger partial charge on any atom is 0.407 e. The fourth-order valence-corrected chi connectivity index (χ4v) is 2.64. The number of carbonyl (C=O) groups excluding carboxylic acids is 2. The number of fused-ring (bicyclic) bond motifs is 1. The highest BCUT2D eigenvalue weighted by molar-refractivity contribution is 6.35. The summed E-state index contributed by atoms with van der Waals surface area (Å²) in [5, 5.41) is 5.20. The topological polar surface area (TPSA) is 96.1 Å². The third kappa shape index (κ3) is 3.34.